The first-order valence-corrected chi connectivity index (χ1v) is 9.23. The van der Waals surface area contributed by atoms with Gasteiger partial charge in [-0.15, -0.1) is 0 Å². The number of nitrogens with zero attached hydrogens (tertiary/aromatic N) is 3. The van der Waals surface area contributed by atoms with E-state index in [0.29, 0.717) is 17.6 Å². The second-order valence-corrected chi connectivity index (χ2v) is 7.91. The van der Waals surface area contributed by atoms with Crippen molar-refractivity contribution in [1.82, 2.24) is 5.01 Å². The number of imide groups is 1. The van der Waals surface area contributed by atoms with Crippen molar-refractivity contribution in [1.29, 1.82) is 0 Å². The lowest BCUT2D eigenvalue weighted by Gasteiger charge is -2.37. The second kappa shape index (κ2) is 5.18. The van der Waals surface area contributed by atoms with E-state index in [0.717, 1.165) is 11.4 Å². The number of fused-ring (bicyclic) bond motifs is 1. The van der Waals surface area contributed by atoms with E-state index in [-0.39, 0.29) is 59.3 Å². The molecule has 2 bridgehead atoms. The minimum Gasteiger partial charge on any atom is -0.454 e. The topological polar surface area (TPSA) is 111 Å². The van der Waals surface area contributed by atoms with E-state index >= 15 is 0 Å². The molecule has 2 saturated carbocycles. The van der Waals surface area contributed by atoms with Crippen molar-refractivity contribution in [3.05, 3.63) is 40.0 Å². The molecule has 1 aromatic rings. The van der Waals surface area contributed by atoms with Crippen LogP contribution in [0.1, 0.15) is 12.0 Å². The number of carbonyl (C=O) groups is 2. The molecule has 0 unspecified atom stereocenters. The highest BCUT2D eigenvalue weighted by atomic mass is 16.7. The fraction of sp³-hybridized carbons (Fsp3) is 0.421. The number of benzene rings is 1. The summed E-state index contributed by atoms with van der Waals surface area (Å²) in [6.07, 6.45) is 6.44. The molecule has 6 atom stereocenters. The summed E-state index contributed by atoms with van der Waals surface area (Å²) >= 11 is 0. The molecule has 2 amide bonds. The molecule has 6 aliphatic rings. The summed E-state index contributed by atoms with van der Waals surface area (Å²) in [4.78, 5) is 36.6. The van der Waals surface area contributed by atoms with Crippen LogP contribution in [0.5, 0.6) is 11.5 Å². The molecule has 0 radical (unpaired) electrons. The number of hydrazone groups is 1. The highest BCUT2D eigenvalue weighted by Gasteiger charge is 2.67. The summed E-state index contributed by atoms with van der Waals surface area (Å²) < 4.78 is 10.4. The number of carbonyl (C=O) groups excluding carboxylic acids is 2. The van der Waals surface area contributed by atoms with E-state index in [1.165, 1.54) is 18.3 Å². The Hall–Kier alpha value is -3.23. The van der Waals surface area contributed by atoms with Crippen LogP contribution in [-0.2, 0) is 9.59 Å². The van der Waals surface area contributed by atoms with Gasteiger partial charge in [0.25, 0.3) is 17.5 Å². The van der Waals surface area contributed by atoms with Crippen molar-refractivity contribution in [2.75, 3.05) is 6.79 Å². The Balaban J connectivity index is 1.34. The molecule has 9 heteroatoms. The van der Waals surface area contributed by atoms with Crippen molar-refractivity contribution in [3.63, 3.8) is 0 Å². The van der Waals surface area contributed by atoms with E-state index in [4.69, 9.17) is 9.47 Å². The fourth-order valence-electron chi connectivity index (χ4n) is 5.38. The Morgan fingerprint density at radius 1 is 1.07 bits per heavy atom. The average molecular weight is 381 g/mol. The Labute approximate surface area is 158 Å². The number of allylic oxidation sites excluding steroid dienone is 2. The van der Waals surface area contributed by atoms with Crippen molar-refractivity contribution < 1.29 is 24.0 Å². The summed E-state index contributed by atoms with van der Waals surface area (Å²) in [5, 5.41) is 16.3. The summed E-state index contributed by atoms with van der Waals surface area (Å²) in [5.74, 6) is 0.558. The molecule has 2 heterocycles. The van der Waals surface area contributed by atoms with Gasteiger partial charge >= 0.3 is 0 Å². The van der Waals surface area contributed by atoms with Gasteiger partial charge in [0, 0.05) is 0 Å². The zero-order chi connectivity index (χ0) is 19.2. The SMILES string of the molecule is O=C1[C@@H]2[C@@H]3C=C[C@H]([C@H]4C[C@H]34)[C@@H]2C(=O)N1/N=C\c1cc2c(cc1[N+](=O)[O-])OCO2. The lowest BCUT2D eigenvalue weighted by molar-refractivity contribution is -0.385. The van der Waals surface area contributed by atoms with Crippen LogP contribution >= 0.6 is 0 Å². The molecule has 0 N–H and O–H groups in total. The van der Waals surface area contributed by atoms with Gasteiger partial charge < -0.3 is 9.47 Å². The monoisotopic (exact) mass is 381 g/mol. The second-order valence-electron chi connectivity index (χ2n) is 7.91. The molecule has 1 saturated heterocycles. The van der Waals surface area contributed by atoms with Gasteiger partial charge in [-0.3, -0.25) is 19.7 Å². The summed E-state index contributed by atoms with van der Waals surface area (Å²) in [5.41, 5.74) is -0.0823. The first-order chi connectivity index (χ1) is 13.5. The van der Waals surface area contributed by atoms with Gasteiger partial charge in [-0.2, -0.15) is 10.1 Å². The van der Waals surface area contributed by atoms with E-state index in [9.17, 15) is 19.7 Å². The summed E-state index contributed by atoms with van der Waals surface area (Å²) in [6.45, 7) is -0.0162. The quantitative estimate of drug-likeness (QED) is 0.259. The fourth-order valence-corrected chi connectivity index (χ4v) is 5.38. The standard InChI is InChI=1S/C19H15N3O6/c23-18-16-9-1-2-10(12-4-11(9)12)17(16)19(24)21(18)20-6-8-3-14-15(28-7-27-14)5-13(8)22(25)26/h1-3,5-6,9-12,16-17H,4,7H2/b20-6-/t9-,10-,11-,12-,16-,17+/m1/s1. The van der Waals surface area contributed by atoms with Crippen molar-refractivity contribution in [2.45, 2.75) is 6.42 Å². The van der Waals surface area contributed by atoms with Crippen molar-refractivity contribution in [2.24, 2.45) is 40.6 Å². The van der Waals surface area contributed by atoms with Gasteiger partial charge in [0.15, 0.2) is 11.5 Å². The highest BCUT2D eigenvalue weighted by molar-refractivity contribution is 6.06. The molecule has 7 rings (SSSR count). The van der Waals surface area contributed by atoms with Crippen LogP contribution < -0.4 is 9.47 Å². The zero-order valence-electron chi connectivity index (χ0n) is 14.6. The molecule has 2 aliphatic heterocycles. The largest absolute Gasteiger partial charge is 0.454 e. The molecule has 1 aromatic carbocycles. The number of nitro groups is 1. The third kappa shape index (κ3) is 1.93. The van der Waals surface area contributed by atoms with Crippen molar-refractivity contribution >= 4 is 23.7 Å². The van der Waals surface area contributed by atoms with E-state index in [1.807, 2.05) is 0 Å². The predicted octanol–water partition coefficient (Wildman–Crippen LogP) is 1.71. The smallest absolute Gasteiger partial charge is 0.282 e. The van der Waals surface area contributed by atoms with E-state index in [1.54, 1.807) is 0 Å². The first-order valence-electron chi connectivity index (χ1n) is 9.23. The van der Waals surface area contributed by atoms with Crippen LogP contribution in [0.4, 0.5) is 5.69 Å². The molecular weight excluding hydrogens is 366 g/mol. The maximum atomic E-state index is 12.9. The number of hydrogen-bond acceptors (Lipinski definition) is 7. The van der Waals surface area contributed by atoms with Gasteiger partial charge in [0.1, 0.15) is 0 Å². The predicted molar refractivity (Wildman–Crippen MR) is 93.4 cm³/mol. The molecule has 4 aliphatic carbocycles. The van der Waals surface area contributed by atoms with Crippen LogP contribution in [0.2, 0.25) is 0 Å². The van der Waals surface area contributed by atoms with Crippen LogP contribution in [0.25, 0.3) is 0 Å². The van der Waals surface area contributed by atoms with Gasteiger partial charge in [-0.1, -0.05) is 12.2 Å². The maximum Gasteiger partial charge on any atom is 0.282 e. The van der Waals surface area contributed by atoms with Crippen LogP contribution in [0, 0.1) is 45.6 Å². The summed E-state index contributed by atoms with van der Waals surface area (Å²) in [6, 6.07) is 2.69. The molecule has 0 aromatic heterocycles. The molecular formula is C19H15N3O6. The van der Waals surface area contributed by atoms with Crippen LogP contribution in [-0.4, -0.2) is 34.8 Å². The number of hydrogen-bond donors (Lipinski definition) is 0. The average Bonchev–Trinajstić information content (AvgIpc) is 3.33. The minimum absolute atomic E-state index is 0.0162. The van der Waals surface area contributed by atoms with Crippen molar-refractivity contribution in [3.8, 4) is 11.5 Å². The van der Waals surface area contributed by atoms with Gasteiger partial charge in [0.2, 0.25) is 6.79 Å². The molecule has 28 heavy (non-hydrogen) atoms. The Bertz CT molecular complexity index is 981. The minimum atomic E-state index is -0.561. The molecule has 142 valence electrons. The number of ether oxygens (including phenoxy) is 2. The first kappa shape index (κ1) is 15.8. The van der Waals surface area contributed by atoms with E-state index < -0.39 is 4.92 Å². The molecule has 0 spiro atoms. The number of nitro benzene ring substituents is 1. The Morgan fingerprint density at radius 2 is 1.68 bits per heavy atom. The molecule has 3 fully saturated rings. The van der Waals surface area contributed by atoms with Gasteiger partial charge in [0.05, 0.1) is 34.6 Å². The normalized spacial score (nSPS) is 36.2. The van der Waals surface area contributed by atoms with Crippen LogP contribution in [0.15, 0.2) is 29.4 Å². The van der Waals surface area contributed by atoms with Gasteiger partial charge in [-0.05, 0) is 36.2 Å². The Kier molecular flexibility index (Phi) is 2.92. The van der Waals surface area contributed by atoms with E-state index in [2.05, 4.69) is 17.3 Å². The maximum absolute atomic E-state index is 12.9. The lowest BCUT2D eigenvalue weighted by atomic mass is 9.63. The number of rotatable bonds is 3. The third-order valence-electron chi connectivity index (χ3n) is 6.67. The summed E-state index contributed by atoms with van der Waals surface area (Å²) in [7, 11) is 0. The van der Waals surface area contributed by atoms with Crippen LogP contribution in [0.3, 0.4) is 0 Å². The zero-order valence-corrected chi connectivity index (χ0v) is 14.6. The third-order valence-corrected chi connectivity index (χ3v) is 6.67. The highest BCUT2D eigenvalue weighted by Crippen LogP contribution is 2.65. The van der Waals surface area contributed by atoms with Gasteiger partial charge in [-0.25, -0.2) is 0 Å². The Morgan fingerprint density at radius 3 is 2.29 bits per heavy atom. The number of amides is 2. The lowest BCUT2D eigenvalue weighted by Crippen LogP contribution is -2.40. The molecule has 9 nitrogen and oxygen atoms in total.